The van der Waals surface area contributed by atoms with Crippen LogP contribution < -0.4 is 10.1 Å². The summed E-state index contributed by atoms with van der Waals surface area (Å²) < 4.78 is 5.03. The number of carbonyl (C=O) groups is 2. The fourth-order valence-corrected chi connectivity index (χ4v) is 2.04. The number of benzene rings is 1. The van der Waals surface area contributed by atoms with Crippen LogP contribution in [0, 0.1) is 0 Å². The maximum absolute atomic E-state index is 12.0. The Kier molecular flexibility index (Phi) is 4.24. The topological polar surface area (TPSA) is 71.0 Å². The van der Waals surface area contributed by atoms with Gasteiger partial charge in [-0.15, -0.1) is 0 Å². The number of hydrogen-bond donors (Lipinski definition) is 1. The molecule has 1 aliphatic rings. The van der Waals surface area contributed by atoms with Gasteiger partial charge in [-0.05, 0) is 18.2 Å². The van der Waals surface area contributed by atoms with E-state index in [4.69, 9.17) is 16.3 Å². The standard InChI is InChI=1S/C13H14ClN3O3/c1-17-12(18)6-4-10(16-17)13(19)15-8-3-5-11(20-2)9(14)7-8/h3,5,7H,4,6H2,1-2H3,(H,15,19). The maximum atomic E-state index is 12.0. The van der Waals surface area contributed by atoms with Gasteiger partial charge in [0.2, 0.25) is 5.91 Å². The van der Waals surface area contributed by atoms with Crippen LogP contribution in [0.3, 0.4) is 0 Å². The molecule has 0 fully saturated rings. The Labute approximate surface area is 121 Å². The Morgan fingerprint density at radius 2 is 2.20 bits per heavy atom. The van der Waals surface area contributed by atoms with Crippen molar-refractivity contribution in [3.05, 3.63) is 23.2 Å². The molecule has 2 amide bonds. The number of rotatable bonds is 3. The third-order valence-electron chi connectivity index (χ3n) is 2.88. The van der Waals surface area contributed by atoms with Crippen LogP contribution in [-0.2, 0) is 9.59 Å². The molecule has 0 unspecified atom stereocenters. The monoisotopic (exact) mass is 295 g/mol. The number of anilines is 1. The second-order valence-corrected chi connectivity index (χ2v) is 4.67. The van der Waals surface area contributed by atoms with Gasteiger partial charge in [-0.1, -0.05) is 11.6 Å². The molecule has 1 aliphatic heterocycles. The van der Waals surface area contributed by atoms with E-state index >= 15 is 0 Å². The lowest BCUT2D eigenvalue weighted by atomic mass is 10.1. The van der Waals surface area contributed by atoms with Gasteiger partial charge >= 0.3 is 0 Å². The Balaban J connectivity index is 2.10. The highest BCUT2D eigenvalue weighted by Gasteiger charge is 2.22. The minimum atomic E-state index is -0.342. The normalized spacial score (nSPS) is 14.8. The van der Waals surface area contributed by atoms with Crippen molar-refractivity contribution in [1.82, 2.24) is 5.01 Å². The predicted molar refractivity (Wildman–Crippen MR) is 76.1 cm³/mol. The molecule has 0 aliphatic carbocycles. The minimum absolute atomic E-state index is 0.103. The molecule has 2 rings (SSSR count). The van der Waals surface area contributed by atoms with Crippen LogP contribution in [0.25, 0.3) is 0 Å². The molecule has 7 heteroatoms. The Morgan fingerprint density at radius 1 is 1.45 bits per heavy atom. The van der Waals surface area contributed by atoms with E-state index in [0.717, 1.165) is 0 Å². The van der Waals surface area contributed by atoms with Gasteiger partial charge in [0.05, 0.1) is 12.1 Å². The molecular formula is C13H14ClN3O3. The highest BCUT2D eigenvalue weighted by atomic mass is 35.5. The summed E-state index contributed by atoms with van der Waals surface area (Å²) in [5.74, 6) is 0.0876. The summed E-state index contributed by atoms with van der Waals surface area (Å²) in [6.07, 6.45) is 0.616. The van der Waals surface area contributed by atoms with Gasteiger partial charge in [0.15, 0.2) is 0 Å². The number of nitrogens with one attached hydrogen (secondary N) is 1. The Hall–Kier alpha value is -2.08. The molecule has 1 heterocycles. The van der Waals surface area contributed by atoms with E-state index in [9.17, 15) is 9.59 Å². The van der Waals surface area contributed by atoms with Crippen LogP contribution >= 0.6 is 11.6 Å². The van der Waals surface area contributed by atoms with E-state index in [1.807, 2.05) is 0 Å². The molecular weight excluding hydrogens is 282 g/mol. The number of hydrazone groups is 1. The lowest BCUT2D eigenvalue weighted by molar-refractivity contribution is -0.130. The van der Waals surface area contributed by atoms with Gasteiger partial charge in [0.1, 0.15) is 11.5 Å². The lowest BCUT2D eigenvalue weighted by Gasteiger charge is -2.19. The van der Waals surface area contributed by atoms with Gasteiger partial charge in [-0.2, -0.15) is 5.10 Å². The molecule has 0 aromatic heterocycles. The molecule has 0 saturated heterocycles. The summed E-state index contributed by atoms with van der Waals surface area (Å²) >= 11 is 5.98. The van der Waals surface area contributed by atoms with Crippen LogP contribution in [0.5, 0.6) is 5.75 Å². The highest BCUT2D eigenvalue weighted by molar-refractivity contribution is 6.43. The fourth-order valence-electron chi connectivity index (χ4n) is 1.78. The minimum Gasteiger partial charge on any atom is -0.495 e. The van der Waals surface area contributed by atoms with Gasteiger partial charge in [-0.25, -0.2) is 5.01 Å². The first-order chi connectivity index (χ1) is 9.51. The summed E-state index contributed by atoms with van der Waals surface area (Å²) in [7, 11) is 3.04. The van der Waals surface area contributed by atoms with Crippen LogP contribution in [-0.4, -0.2) is 36.7 Å². The average Bonchev–Trinajstić information content (AvgIpc) is 2.42. The van der Waals surface area contributed by atoms with Crippen molar-refractivity contribution in [2.75, 3.05) is 19.5 Å². The number of halogens is 1. The van der Waals surface area contributed by atoms with Crippen molar-refractivity contribution in [2.45, 2.75) is 12.8 Å². The van der Waals surface area contributed by atoms with E-state index in [0.29, 0.717) is 28.6 Å². The zero-order valence-electron chi connectivity index (χ0n) is 11.1. The second kappa shape index (κ2) is 5.92. The third kappa shape index (κ3) is 3.08. The number of ether oxygens (including phenoxy) is 1. The van der Waals surface area contributed by atoms with Crippen molar-refractivity contribution in [2.24, 2.45) is 5.10 Å². The van der Waals surface area contributed by atoms with Gasteiger partial charge in [0, 0.05) is 25.6 Å². The molecule has 1 aromatic rings. The molecule has 1 N–H and O–H groups in total. The van der Waals surface area contributed by atoms with Crippen LogP contribution in [0.15, 0.2) is 23.3 Å². The summed E-state index contributed by atoms with van der Waals surface area (Å²) in [5, 5.41) is 8.22. The molecule has 0 spiro atoms. The number of carbonyl (C=O) groups excluding carboxylic acids is 2. The molecule has 0 atom stereocenters. The number of nitrogens with zero attached hydrogens (tertiary/aromatic N) is 2. The summed E-state index contributed by atoms with van der Waals surface area (Å²) in [4.78, 5) is 23.3. The highest BCUT2D eigenvalue weighted by Crippen LogP contribution is 2.27. The molecule has 0 radical (unpaired) electrons. The fraction of sp³-hybridized carbons (Fsp3) is 0.308. The Bertz CT molecular complexity index is 586. The van der Waals surface area contributed by atoms with E-state index < -0.39 is 0 Å². The quantitative estimate of drug-likeness (QED) is 0.926. The van der Waals surface area contributed by atoms with Crippen LogP contribution in [0.1, 0.15) is 12.8 Å². The largest absolute Gasteiger partial charge is 0.495 e. The van der Waals surface area contributed by atoms with E-state index in [-0.39, 0.29) is 18.2 Å². The smallest absolute Gasteiger partial charge is 0.271 e. The first kappa shape index (κ1) is 14.3. The number of hydrogen-bond acceptors (Lipinski definition) is 4. The molecule has 6 nitrogen and oxygen atoms in total. The summed E-state index contributed by atoms with van der Waals surface area (Å²) in [5.41, 5.74) is 0.863. The predicted octanol–water partition coefficient (Wildman–Crippen LogP) is 1.90. The first-order valence-corrected chi connectivity index (χ1v) is 6.38. The zero-order chi connectivity index (χ0) is 14.7. The van der Waals surface area contributed by atoms with Crippen molar-refractivity contribution in [3.63, 3.8) is 0 Å². The third-order valence-corrected chi connectivity index (χ3v) is 3.17. The number of methoxy groups -OCH3 is 1. The number of amides is 2. The molecule has 0 bridgehead atoms. The van der Waals surface area contributed by atoms with E-state index in [2.05, 4.69) is 10.4 Å². The van der Waals surface area contributed by atoms with Crippen molar-refractivity contribution < 1.29 is 14.3 Å². The van der Waals surface area contributed by atoms with Crippen molar-refractivity contribution >= 4 is 34.8 Å². The van der Waals surface area contributed by atoms with Crippen molar-refractivity contribution in [1.29, 1.82) is 0 Å². The van der Waals surface area contributed by atoms with Crippen molar-refractivity contribution in [3.8, 4) is 5.75 Å². The summed E-state index contributed by atoms with van der Waals surface area (Å²) in [6, 6.07) is 4.94. The molecule has 20 heavy (non-hydrogen) atoms. The molecule has 0 saturated carbocycles. The molecule has 106 valence electrons. The Morgan fingerprint density at radius 3 is 2.80 bits per heavy atom. The first-order valence-electron chi connectivity index (χ1n) is 6.00. The van der Waals surface area contributed by atoms with Gasteiger partial charge in [0.25, 0.3) is 5.91 Å². The van der Waals surface area contributed by atoms with E-state index in [1.54, 1.807) is 18.2 Å². The van der Waals surface area contributed by atoms with Crippen LogP contribution in [0.4, 0.5) is 5.69 Å². The van der Waals surface area contributed by atoms with Crippen LogP contribution in [0.2, 0.25) is 5.02 Å². The van der Waals surface area contributed by atoms with Gasteiger partial charge in [-0.3, -0.25) is 9.59 Å². The molecule has 1 aromatic carbocycles. The average molecular weight is 296 g/mol. The second-order valence-electron chi connectivity index (χ2n) is 4.27. The summed E-state index contributed by atoms with van der Waals surface area (Å²) in [6.45, 7) is 0. The maximum Gasteiger partial charge on any atom is 0.271 e. The van der Waals surface area contributed by atoms with Gasteiger partial charge < -0.3 is 10.1 Å². The zero-order valence-corrected chi connectivity index (χ0v) is 11.9. The lowest BCUT2D eigenvalue weighted by Crippen LogP contribution is -2.34. The van der Waals surface area contributed by atoms with E-state index in [1.165, 1.54) is 19.2 Å². The SMILES string of the molecule is COc1ccc(NC(=O)C2=NN(C)C(=O)CC2)cc1Cl.